The fraction of sp³-hybridized carbons (Fsp3) is 0.158. The molecule has 2 aromatic carbocycles. The molecular formula is C19H19NO3. The van der Waals surface area contributed by atoms with Crippen molar-refractivity contribution >= 4 is 17.4 Å². The lowest BCUT2D eigenvalue weighted by Crippen LogP contribution is -2.05. The molecule has 0 aliphatic rings. The Kier molecular flexibility index (Phi) is 5.31. The first-order valence-corrected chi connectivity index (χ1v) is 7.25. The average molecular weight is 309 g/mol. The molecule has 0 saturated carbocycles. The third-order valence-corrected chi connectivity index (χ3v) is 3.60. The van der Waals surface area contributed by atoms with Gasteiger partial charge in [-0.2, -0.15) is 0 Å². The normalized spacial score (nSPS) is 10.6. The molecule has 0 radical (unpaired) electrons. The first kappa shape index (κ1) is 16.5. The first-order valence-electron chi connectivity index (χ1n) is 7.25. The van der Waals surface area contributed by atoms with Crippen LogP contribution in [-0.2, 0) is 4.74 Å². The second-order valence-corrected chi connectivity index (χ2v) is 5.18. The maximum Gasteiger partial charge on any atom is 0.339 e. The van der Waals surface area contributed by atoms with Crippen molar-refractivity contribution in [2.45, 2.75) is 13.8 Å². The number of hydrogen-bond donors (Lipinski definition) is 1. The fourth-order valence-corrected chi connectivity index (χ4v) is 2.09. The highest BCUT2D eigenvalue weighted by molar-refractivity contribution is 6.05. The van der Waals surface area contributed by atoms with Gasteiger partial charge < -0.3 is 10.1 Å². The molecule has 23 heavy (non-hydrogen) atoms. The van der Waals surface area contributed by atoms with Crippen molar-refractivity contribution in [3.63, 3.8) is 0 Å². The summed E-state index contributed by atoms with van der Waals surface area (Å²) in [6.45, 7) is 3.98. The van der Waals surface area contributed by atoms with Gasteiger partial charge in [-0.1, -0.05) is 24.3 Å². The number of ketones is 1. The van der Waals surface area contributed by atoms with Crippen LogP contribution in [0.25, 0.3) is 0 Å². The number of methoxy groups -OCH3 is 1. The summed E-state index contributed by atoms with van der Waals surface area (Å²) in [7, 11) is 1.33. The Labute approximate surface area is 135 Å². The summed E-state index contributed by atoms with van der Waals surface area (Å²) in [6, 6.07) is 12.6. The van der Waals surface area contributed by atoms with Crippen LogP contribution in [0.2, 0.25) is 0 Å². The summed E-state index contributed by atoms with van der Waals surface area (Å²) in [5.74, 6) is -0.530. The molecule has 0 saturated heterocycles. The number of nitrogens with one attached hydrogen (secondary N) is 1. The predicted octanol–water partition coefficient (Wildman–Crippen LogP) is 3.90. The zero-order valence-corrected chi connectivity index (χ0v) is 13.4. The number of para-hydroxylation sites is 1. The SMILES string of the molecule is COC(=O)c1ccccc1NC=CC(=O)c1ccc(C)c(C)c1. The van der Waals surface area contributed by atoms with Crippen LogP contribution >= 0.6 is 0 Å². The lowest BCUT2D eigenvalue weighted by atomic mass is 10.0. The number of ether oxygens (including phenoxy) is 1. The number of anilines is 1. The van der Waals surface area contributed by atoms with Crippen molar-refractivity contribution in [1.82, 2.24) is 0 Å². The third-order valence-electron chi connectivity index (χ3n) is 3.60. The van der Waals surface area contributed by atoms with Gasteiger partial charge >= 0.3 is 5.97 Å². The van der Waals surface area contributed by atoms with E-state index in [1.165, 1.54) is 19.4 Å². The summed E-state index contributed by atoms with van der Waals surface area (Å²) in [6.07, 6.45) is 2.97. The van der Waals surface area contributed by atoms with E-state index in [4.69, 9.17) is 4.74 Å². The molecule has 0 bridgehead atoms. The Morgan fingerprint density at radius 2 is 1.78 bits per heavy atom. The highest BCUT2D eigenvalue weighted by Gasteiger charge is 2.09. The number of allylic oxidation sites excluding steroid dienone is 1. The second kappa shape index (κ2) is 7.40. The van der Waals surface area contributed by atoms with E-state index in [1.54, 1.807) is 30.3 Å². The van der Waals surface area contributed by atoms with Crippen LogP contribution in [0.5, 0.6) is 0 Å². The zero-order chi connectivity index (χ0) is 16.8. The van der Waals surface area contributed by atoms with Gasteiger partial charge in [-0.3, -0.25) is 4.79 Å². The highest BCUT2D eigenvalue weighted by atomic mass is 16.5. The van der Waals surface area contributed by atoms with E-state index < -0.39 is 5.97 Å². The third kappa shape index (κ3) is 4.07. The van der Waals surface area contributed by atoms with E-state index in [2.05, 4.69) is 5.32 Å². The van der Waals surface area contributed by atoms with Crippen molar-refractivity contribution in [1.29, 1.82) is 0 Å². The molecule has 0 atom stereocenters. The van der Waals surface area contributed by atoms with Crippen LogP contribution in [0.1, 0.15) is 31.8 Å². The maximum absolute atomic E-state index is 12.2. The lowest BCUT2D eigenvalue weighted by molar-refractivity contribution is 0.0601. The van der Waals surface area contributed by atoms with E-state index in [9.17, 15) is 9.59 Å². The first-order chi connectivity index (χ1) is 11.0. The minimum absolute atomic E-state index is 0.101. The van der Waals surface area contributed by atoms with Gasteiger partial charge in [-0.15, -0.1) is 0 Å². The standard InChI is InChI=1S/C19H19NO3/c1-13-8-9-15(12-14(13)2)18(21)10-11-20-17-7-5-4-6-16(17)19(22)23-3/h4-12,20H,1-3H3. The minimum atomic E-state index is -0.429. The summed E-state index contributed by atoms with van der Waals surface area (Å²) >= 11 is 0. The highest BCUT2D eigenvalue weighted by Crippen LogP contribution is 2.16. The van der Waals surface area contributed by atoms with Crippen molar-refractivity contribution in [2.75, 3.05) is 12.4 Å². The molecule has 1 N–H and O–H groups in total. The molecule has 0 aliphatic heterocycles. The van der Waals surface area contributed by atoms with Crippen LogP contribution in [-0.4, -0.2) is 18.9 Å². The molecule has 0 aromatic heterocycles. The quantitative estimate of drug-likeness (QED) is 0.517. The number of aryl methyl sites for hydroxylation is 2. The molecule has 2 aromatic rings. The molecule has 0 fully saturated rings. The molecule has 0 spiro atoms. The van der Waals surface area contributed by atoms with E-state index in [-0.39, 0.29) is 5.78 Å². The largest absolute Gasteiger partial charge is 0.465 e. The van der Waals surface area contributed by atoms with Crippen molar-refractivity contribution in [3.8, 4) is 0 Å². The maximum atomic E-state index is 12.2. The lowest BCUT2D eigenvalue weighted by Gasteiger charge is -2.07. The van der Waals surface area contributed by atoms with Gasteiger partial charge in [0.25, 0.3) is 0 Å². The van der Waals surface area contributed by atoms with E-state index >= 15 is 0 Å². The Bertz CT molecular complexity index is 763. The van der Waals surface area contributed by atoms with Gasteiger partial charge in [0.15, 0.2) is 5.78 Å². The summed E-state index contributed by atoms with van der Waals surface area (Å²) < 4.78 is 4.73. The van der Waals surface area contributed by atoms with Gasteiger partial charge in [-0.05, 0) is 43.2 Å². The van der Waals surface area contributed by atoms with Crippen molar-refractivity contribution in [2.24, 2.45) is 0 Å². The van der Waals surface area contributed by atoms with Crippen molar-refractivity contribution < 1.29 is 14.3 Å². The number of rotatable bonds is 5. The Morgan fingerprint density at radius 3 is 2.48 bits per heavy atom. The minimum Gasteiger partial charge on any atom is -0.465 e. The Hall–Kier alpha value is -2.88. The average Bonchev–Trinajstić information content (AvgIpc) is 2.57. The van der Waals surface area contributed by atoms with E-state index in [0.717, 1.165) is 11.1 Å². The van der Waals surface area contributed by atoms with Crippen LogP contribution in [0.15, 0.2) is 54.7 Å². The van der Waals surface area contributed by atoms with Crippen LogP contribution in [0, 0.1) is 13.8 Å². The molecule has 0 heterocycles. The molecule has 4 heteroatoms. The molecule has 118 valence electrons. The molecule has 2 rings (SSSR count). The monoisotopic (exact) mass is 309 g/mol. The van der Waals surface area contributed by atoms with Gasteiger partial charge in [-0.25, -0.2) is 4.79 Å². The van der Waals surface area contributed by atoms with Crippen LogP contribution in [0.4, 0.5) is 5.69 Å². The molecule has 0 amide bonds. The molecule has 0 unspecified atom stereocenters. The number of carbonyl (C=O) groups is 2. The number of hydrogen-bond acceptors (Lipinski definition) is 4. The number of esters is 1. The zero-order valence-electron chi connectivity index (χ0n) is 13.4. The van der Waals surface area contributed by atoms with Crippen molar-refractivity contribution in [3.05, 3.63) is 77.0 Å². The molecule has 0 aliphatic carbocycles. The van der Waals surface area contributed by atoms with Gasteiger partial charge in [0, 0.05) is 17.8 Å². The fourth-order valence-electron chi connectivity index (χ4n) is 2.09. The Morgan fingerprint density at radius 1 is 1.04 bits per heavy atom. The van der Waals surface area contributed by atoms with Gasteiger partial charge in [0.2, 0.25) is 0 Å². The molecule has 4 nitrogen and oxygen atoms in total. The topological polar surface area (TPSA) is 55.4 Å². The number of carbonyl (C=O) groups excluding carboxylic acids is 2. The summed E-state index contributed by atoms with van der Waals surface area (Å²) in [5.41, 5.74) is 3.86. The summed E-state index contributed by atoms with van der Waals surface area (Å²) in [5, 5.41) is 2.95. The Balaban J connectivity index is 2.11. The van der Waals surface area contributed by atoms with Crippen LogP contribution in [0.3, 0.4) is 0 Å². The van der Waals surface area contributed by atoms with Crippen LogP contribution < -0.4 is 5.32 Å². The molecular weight excluding hydrogens is 290 g/mol. The van der Waals surface area contributed by atoms with Gasteiger partial charge in [0.1, 0.15) is 0 Å². The smallest absolute Gasteiger partial charge is 0.339 e. The number of benzene rings is 2. The summed E-state index contributed by atoms with van der Waals surface area (Å²) in [4.78, 5) is 23.8. The predicted molar refractivity (Wildman–Crippen MR) is 90.8 cm³/mol. The van der Waals surface area contributed by atoms with E-state index in [0.29, 0.717) is 16.8 Å². The second-order valence-electron chi connectivity index (χ2n) is 5.18. The van der Waals surface area contributed by atoms with Gasteiger partial charge in [0.05, 0.1) is 18.4 Å². The van der Waals surface area contributed by atoms with E-state index in [1.807, 2.05) is 26.0 Å².